The van der Waals surface area contributed by atoms with Crippen LogP contribution in [0.25, 0.3) is 0 Å². The molecule has 3 rings (SSSR count). The summed E-state index contributed by atoms with van der Waals surface area (Å²) in [6.45, 7) is 5.69. The average Bonchev–Trinajstić information content (AvgIpc) is 2.78. The molecule has 0 radical (unpaired) electrons. The molecule has 156 valence electrons. The van der Waals surface area contributed by atoms with E-state index in [4.69, 9.17) is 4.74 Å². The predicted octanol–water partition coefficient (Wildman–Crippen LogP) is 1.47. The number of carbonyl (C=O) groups excluding carboxylic acids is 1. The Bertz CT molecular complexity index is 746. The number of esters is 1. The fraction of sp³-hybridized carbons (Fsp3) is 0.455. The van der Waals surface area contributed by atoms with E-state index in [0.29, 0.717) is 17.9 Å². The van der Waals surface area contributed by atoms with Crippen molar-refractivity contribution in [2.75, 3.05) is 53.0 Å². The summed E-state index contributed by atoms with van der Waals surface area (Å²) >= 11 is 0. The van der Waals surface area contributed by atoms with Gasteiger partial charge in [-0.05, 0) is 36.4 Å². The van der Waals surface area contributed by atoms with Crippen LogP contribution in [0, 0.1) is 0 Å². The minimum Gasteiger partial charge on any atom is -0.491 e. The van der Waals surface area contributed by atoms with Crippen LogP contribution in [0.15, 0.2) is 48.7 Å². The molecule has 0 spiro atoms. The van der Waals surface area contributed by atoms with Crippen molar-refractivity contribution in [3.05, 3.63) is 59.9 Å². The van der Waals surface area contributed by atoms with Crippen molar-refractivity contribution in [3.63, 3.8) is 0 Å². The molecule has 2 heterocycles. The van der Waals surface area contributed by atoms with Crippen molar-refractivity contribution in [2.45, 2.75) is 12.5 Å². The van der Waals surface area contributed by atoms with Crippen LogP contribution < -0.4 is 4.74 Å². The number of methoxy groups -OCH3 is 1. The van der Waals surface area contributed by atoms with Crippen LogP contribution in [0.4, 0.5) is 0 Å². The van der Waals surface area contributed by atoms with Gasteiger partial charge in [-0.1, -0.05) is 6.07 Å². The molecule has 1 aliphatic rings. The van der Waals surface area contributed by atoms with E-state index in [1.165, 1.54) is 7.11 Å². The van der Waals surface area contributed by atoms with Crippen LogP contribution in [0.1, 0.15) is 16.1 Å². The highest BCUT2D eigenvalue weighted by Gasteiger charge is 2.19. The maximum Gasteiger partial charge on any atom is 0.337 e. The molecule has 7 heteroatoms. The number of hydrogen-bond acceptors (Lipinski definition) is 7. The smallest absolute Gasteiger partial charge is 0.337 e. The second kappa shape index (κ2) is 10.9. The van der Waals surface area contributed by atoms with Crippen molar-refractivity contribution in [3.8, 4) is 5.75 Å². The molecule has 1 aromatic carbocycles. The molecular weight excluding hydrogens is 370 g/mol. The second-order valence-corrected chi connectivity index (χ2v) is 7.19. The Morgan fingerprint density at radius 1 is 1.10 bits per heavy atom. The number of aliphatic hydroxyl groups excluding tert-OH is 1. The zero-order chi connectivity index (χ0) is 20.5. The normalized spacial score (nSPS) is 16.3. The number of carbonyl (C=O) groups is 1. The fourth-order valence-corrected chi connectivity index (χ4v) is 3.36. The highest BCUT2D eigenvalue weighted by molar-refractivity contribution is 5.89. The van der Waals surface area contributed by atoms with Gasteiger partial charge in [0.1, 0.15) is 18.5 Å². The Hall–Kier alpha value is -2.48. The Balaban J connectivity index is 1.33. The van der Waals surface area contributed by atoms with Gasteiger partial charge in [-0.25, -0.2) is 4.79 Å². The van der Waals surface area contributed by atoms with Crippen molar-refractivity contribution >= 4 is 5.97 Å². The lowest BCUT2D eigenvalue weighted by atomic mass is 10.2. The minimum absolute atomic E-state index is 0.220. The van der Waals surface area contributed by atoms with Crippen LogP contribution in [0.2, 0.25) is 0 Å². The molecule has 7 nitrogen and oxygen atoms in total. The van der Waals surface area contributed by atoms with E-state index < -0.39 is 6.10 Å². The van der Waals surface area contributed by atoms with Crippen LogP contribution in [0.3, 0.4) is 0 Å². The molecule has 1 aromatic heterocycles. The van der Waals surface area contributed by atoms with Crippen LogP contribution in [-0.2, 0) is 11.2 Å². The number of pyridine rings is 1. The van der Waals surface area contributed by atoms with Gasteiger partial charge < -0.3 is 19.5 Å². The summed E-state index contributed by atoms with van der Waals surface area (Å²) in [6.07, 6.45) is 2.24. The molecule has 1 atom stereocenters. The quantitative estimate of drug-likeness (QED) is 0.640. The van der Waals surface area contributed by atoms with Gasteiger partial charge in [-0.2, -0.15) is 0 Å². The van der Waals surface area contributed by atoms with Gasteiger partial charge in [0, 0.05) is 57.6 Å². The van der Waals surface area contributed by atoms with Crippen molar-refractivity contribution in [1.82, 2.24) is 14.8 Å². The average molecular weight is 399 g/mol. The van der Waals surface area contributed by atoms with E-state index >= 15 is 0 Å². The summed E-state index contributed by atoms with van der Waals surface area (Å²) in [5.74, 6) is 0.242. The van der Waals surface area contributed by atoms with Crippen LogP contribution in [0.5, 0.6) is 5.75 Å². The first-order valence-corrected chi connectivity index (χ1v) is 9.98. The first-order valence-electron chi connectivity index (χ1n) is 9.98. The Morgan fingerprint density at radius 2 is 1.83 bits per heavy atom. The number of ether oxygens (including phenoxy) is 2. The third-order valence-corrected chi connectivity index (χ3v) is 5.06. The Morgan fingerprint density at radius 3 is 2.48 bits per heavy atom. The molecule has 0 aliphatic carbocycles. The summed E-state index contributed by atoms with van der Waals surface area (Å²) in [6, 6.07) is 12.7. The molecule has 1 N–H and O–H groups in total. The van der Waals surface area contributed by atoms with E-state index in [1.807, 2.05) is 18.3 Å². The number of nitrogens with zero attached hydrogens (tertiary/aromatic N) is 3. The second-order valence-electron chi connectivity index (χ2n) is 7.19. The Kier molecular flexibility index (Phi) is 7.98. The van der Waals surface area contributed by atoms with E-state index in [1.54, 1.807) is 24.3 Å². The van der Waals surface area contributed by atoms with Gasteiger partial charge >= 0.3 is 5.97 Å². The number of aromatic nitrogens is 1. The first-order chi connectivity index (χ1) is 14.1. The van der Waals surface area contributed by atoms with Gasteiger partial charge in [0.25, 0.3) is 0 Å². The number of β-amino-alcohol motifs (C(OH)–C–C–N with tert-alkyl or cyclic N) is 1. The SMILES string of the molecule is COC(=O)c1ccc(OC[C@H](O)CN2CCN(CCc3ccccn3)CC2)cc1. The molecule has 1 fully saturated rings. The lowest BCUT2D eigenvalue weighted by Gasteiger charge is -2.35. The van der Waals surface area contributed by atoms with Crippen molar-refractivity contribution < 1.29 is 19.4 Å². The largest absolute Gasteiger partial charge is 0.491 e. The minimum atomic E-state index is -0.560. The number of hydrogen-bond donors (Lipinski definition) is 1. The zero-order valence-electron chi connectivity index (χ0n) is 16.9. The Labute approximate surface area is 171 Å². The first kappa shape index (κ1) is 21.2. The van der Waals surface area contributed by atoms with Crippen molar-refractivity contribution in [2.24, 2.45) is 0 Å². The van der Waals surface area contributed by atoms with Crippen molar-refractivity contribution in [1.29, 1.82) is 0 Å². The maximum atomic E-state index is 11.4. The summed E-state index contributed by atoms with van der Waals surface area (Å²) in [7, 11) is 1.35. The van der Waals surface area contributed by atoms with Gasteiger partial charge in [-0.15, -0.1) is 0 Å². The summed E-state index contributed by atoms with van der Waals surface area (Å²) in [5, 5.41) is 10.3. The molecule has 1 aliphatic heterocycles. The molecule has 0 amide bonds. The van der Waals surface area contributed by atoms with E-state index in [0.717, 1.165) is 44.8 Å². The topological polar surface area (TPSA) is 75.1 Å². The fourth-order valence-electron chi connectivity index (χ4n) is 3.36. The third kappa shape index (κ3) is 6.81. The van der Waals surface area contributed by atoms with E-state index in [2.05, 4.69) is 25.6 Å². The number of piperazine rings is 1. The highest BCUT2D eigenvalue weighted by atomic mass is 16.5. The lowest BCUT2D eigenvalue weighted by Crippen LogP contribution is -2.49. The zero-order valence-corrected chi connectivity index (χ0v) is 16.9. The standard InChI is InChI=1S/C22H29N3O4/c1-28-22(27)18-5-7-21(8-6-18)29-17-20(26)16-25-14-12-24(13-15-25)11-9-19-4-2-3-10-23-19/h2-8,10,20,26H,9,11-17H2,1H3/t20-/m1/s1. The monoisotopic (exact) mass is 399 g/mol. The van der Waals surface area contributed by atoms with Crippen LogP contribution in [-0.4, -0.2) is 84.9 Å². The molecule has 0 unspecified atom stereocenters. The van der Waals surface area contributed by atoms with Gasteiger partial charge in [-0.3, -0.25) is 9.88 Å². The molecule has 0 saturated carbocycles. The van der Waals surface area contributed by atoms with Gasteiger partial charge in [0.15, 0.2) is 0 Å². The highest BCUT2D eigenvalue weighted by Crippen LogP contribution is 2.13. The molecule has 2 aromatic rings. The number of rotatable bonds is 9. The maximum absolute atomic E-state index is 11.4. The molecular formula is C22H29N3O4. The van der Waals surface area contributed by atoms with Gasteiger partial charge in [0.2, 0.25) is 0 Å². The summed E-state index contributed by atoms with van der Waals surface area (Å²) in [4.78, 5) is 20.5. The predicted molar refractivity (Wildman–Crippen MR) is 110 cm³/mol. The summed E-state index contributed by atoms with van der Waals surface area (Å²) in [5.41, 5.74) is 1.60. The third-order valence-electron chi connectivity index (χ3n) is 5.06. The summed E-state index contributed by atoms with van der Waals surface area (Å²) < 4.78 is 10.3. The molecule has 0 bridgehead atoms. The van der Waals surface area contributed by atoms with Crippen LogP contribution >= 0.6 is 0 Å². The molecule has 1 saturated heterocycles. The van der Waals surface area contributed by atoms with Gasteiger partial charge in [0.05, 0.1) is 12.7 Å². The molecule has 29 heavy (non-hydrogen) atoms. The van der Waals surface area contributed by atoms with E-state index in [9.17, 15) is 9.90 Å². The van der Waals surface area contributed by atoms with E-state index in [-0.39, 0.29) is 12.6 Å². The number of aliphatic hydroxyl groups is 1. The lowest BCUT2D eigenvalue weighted by molar-refractivity contribution is 0.0462. The number of benzene rings is 1.